The predicted molar refractivity (Wildman–Crippen MR) is 83.7 cm³/mol. The van der Waals surface area contributed by atoms with E-state index in [0.29, 0.717) is 11.1 Å². The van der Waals surface area contributed by atoms with Crippen molar-refractivity contribution in [2.75, 3.05) is 0 Å². The van der Waals surface area contributed by atoms with E-state index >= 15 is 0 Å². The second kappa shape index (κ2) is 5.73. The first-order valence-corrected chi connectivity index (χ1v) is 7.45. The van der Waals surface area contributed by atoms with Crippen LogP contribution in [0, 0.1) is 19.7 Å². The summed E-state index contributed by atoms with van der Waals surface area (Å²) in [5.41, 5.74) is 9.42. The summed E-state index contributed by atoms with van der Waals surface area (Å²) >= 11 is 6.90. The lowest BCUT2D eigenvalue weighted by Gasteiger charge is -2.16. The molecule has 0 bridgehead atoms. The van der Waals surface area contributed by atoms with Gasteiger partial charge in [-0.15, -0.1) is 0 Å². The van der Waals surface area contributed by atoms with Gasteiger partial charge < -0.3 is 5.73 Å². The summed E-state index contributed by atoms with van der Waals surface area (Å²) in [5, 5.41) is 0. The standard InChI is InChI=1S/C15H14Br2FN/c1-8-3-10(4-9(2)14(8)18)15(19)11-5-12(16)7-13(17)6-11/h3-7,15H,19H2,1-2H3. The Morgan fingerprint density at radius 1 is 0.895 bits per heavy atom. The molecule has 2 aromatic rings. The van der Waals surface area contributed by atoms with E-state index in [2.05, 4.69) is 31.9 Å². The molecule has 0 aliphatic heterocycles. The van der Waals surface area contributed by atoms with Gasteiger partial charge in [0, 0.05) is 8.95 Å². The van der Waals surface area contributed by atoms with Gasteiger partial charge in [-0.25, -0.2) is 4.39 Å². The molecule has 0 saturated heterocycles. The Bertz CT molecular complexity index is 582. The van der Waals surface area contributed by atoms with Crippen molar-refractivity contribution >= 4 is 31.9 Å². The van der Waals surface area contributed by atoms with Crippen molar-refractivity contribution in [3.8, 4) is 0 Å². The van der Waals surface area contributed by atoms with Crippen LogP contribution in [0.1, 0.15) is 28.3 Å². The minimum atomic E-state index is -0.271. The van der Waals surface area contributed by atoms with Crippen LogP contribution in [0.2, 0.25) is 0 Å². The van der Waals surface area contributed by atoms with Gasteiger partial charge in [0.2, 0.25) is 0 Å². The van der Waals surface area contributed by atoms with E-state index in [1.165, 1.54) is 0 Å². The molecule has 0 heterocycles. The van der Waals surface area contributed by atoms with E-state index in [1.807, 2.05) is 30.3 Å². The van der Waals surface area contributed by atoms with Crippen molar-refractivity contribution in [3.63, 3.8) is 0 Å². The zero-order valence-corrected chi connectivity index (χ0v) is 13.8. The third kappa shape index (κ3) is 3.25. The van der Waals surface area contributed by atoms with Crippen LogP contribution in [-0.2, 0) is 0 Å². The Morgan fingerprint density at radius 3 is 1.79 bits per heavy atom. The molecule has 0 spiro atoms. The maximum Gasteiger partial charge on any atom is 0.129 e. The maximum atomic E-state index is 13.6. The van der Waals surface area contributed by atoms with Gasteiger partial charge in [-0.3, -0.25) is 0 Å². The van der Waals surface area contributed by atoms with E-state index in [0.717, 1.165) is 20.1 Å². The fourth-order valence-corrected chi connectivity index (χ4v) is 3.44. The molecule has 0 radical (unpaired) electrons. The van der Waals surface area contributed by atoms with Gasteiger partial charge >= 0.3 is 0 Å². The molecule has 1 atom stereocenters. The normalized spacial score (nSPS) is 12.5. The topological polar surface area (TPSA) is 26.0 Å². The number of benzene rings is 2. The molecule has 100 valence electrons. The van der Waals surface area contributed by atoms with Crippen molar-refractivity contribution in [1.82, 2.24) is 0 Å². The highest BCUT2D eigenvalue weighted by Gasteiger charge is 2.13. The Labute approximate surface area is 129 Å². The highest BCUT2D eigenvalue weighted by molar-refractivity contribution is 9.11. The number of hydrogen-bond donors (Lipinski definition) is 1. The first-order chi connectivity index (χ1) is 8.88. The molecule has 0 aliphatic rings. The third-order valence-electron chi connectivity index (χ3n) is 3.06. The molecule has 0 saturated carbocycles. The van der Waals surface area contributed by atoms with Crippen molar-refractivity contribution in [2.45, 2.75) is 19.9 Å². The largest absolute Gasteiger partial charge is 0.320 e. The highest BCUT2D eigenvalue weighted by atomic mass is 79.9. The molecule has 0 amide bonds. The van der Waals surface area contributed by atoms with Crippen LogP contribution in [0.3, 0.4) is 0 Å². The predicted octanol–water partition coefficient (Wildman–Crippen LogP) is 5.02. The lowest BCUT2D eigenvalue weighted by atomic mass is 9.96. The van der Waals surface area contributed by atoms with Crippen LogP contribution in [0.15, 0.2) is 39.3 Å². The molecule has 1 nitrogen and oxygen atoms in total. The number of nitrogens with two attached hydrogens (primary N) is 1. The van der Waals surface area contributed by atoms with Crippen LogP contribution >= 0.6 is 31.9 Å². The molecule has 2 N–H and O–H groups in total. The summed E-state index contributed by atoms with van der Waals surface area (Å²) in [5.74, 6) is -0.161. The average Bonchev–Trinajstić information content (AvgIpc) is 2.33. The first kappa shape index (κ1) is 14.7. The summed E-state index contributed by atoms with van der Waals surface area (Å²) in [4.78, 5) is 0. The highest BCUT2D eigenvalue weighted by Crippen LogP contribution is 2.28. The minimum Gasteiger partial charge on any atom is -0.320 e. The molecule has 2 aromatic carbocycles. The second-order valence-electron chi connectivity index (χ2n) is 4.65. The third-order valence-corrected chi connectivity index (χ3v) is 3.98. The Kier molecular flexibility index (Phi) is 4.43. The van der Waals surface area contributed by atoms with E-state index in [4.69, 9.17) is 5.73 Å². The van der Waals surface area contributed by atoms with Crippen LogP contribution < -0.4 is 5.73 Å². The van der Waals surface area contributed by atoms with E-state index in [1.54, 1.807) is 13.8 Å². The van der Waals surface area contributed by atoms with Crippen molar-refractivity contribution in [1.29, 1.82) is 0 Å². The van der Waals surface area contributed by atoms with Gasteiger partial charge in [0.1, 0.15) is 5.82 Å². The Hall–Kier alpha value is -0.710. The van der Waals surface area contributed by atoms with Crippen molar-refractivity contribution in [3.05, 3.63) is 67.3 Å². The minimum absolute atomic E-state index is 0.161. The first-order valence-electron chi connectivity index (χ1n) is 5.86. The van der Waals surface area contributed by atoms with Crippen molar-refractivity contribution < 1.29 is 4.39 Å². The molecule has 0 aliphatic carbocycles. The number of rotatable bonds is 2. The molecule has 1 unspecified atom stereocenters. The number of hydrogen-bond acceptors (Lipinski definition) is 1. The monoisotopic (exact) mass is 385 g/mol. The smallest absolute Gasteiger partial charge is 0.129 e. The van der Waals surface area contributed by atoms with Crippen LogP contribution in [0.4, 0.5) is 4.39 Å². The van der Waals surface area contributed by atoms with E-state index in [-0.39, 0.29) is 11.9 Å². The van der Waals surface area contributed by atoms with Crippen LogP contribution in [-0.4, -0.2) is 0 Å². The molecule has 2 rings (SSSR count). The lowest BCUT2D eigenvalue weighted by Crippen LogP contribution is -2.13. The van der Waals surface area contributed by atoms with E-state index < -0.39 is 0 Å². The van der Waals surface area contributed by atoms with Gasteiger partial charge in [0.05, 0.1) is 6.04 Å². The summed E-state index contributed by atoms with van der Waals surface area (Å²) in [6.07, 6.45) is 0. The zero-order valence-electron chi connectivity index (χ0n) is 10.7. The zero-order chi connectivity index (χ0) is 14.2. The Morgan fingerprint density at radius 2 is 1.32 bits per heavy atom. The number of aryl methyl sites for hydroxylation is 2. The average molecular weight is 387 g/mol. The fraction of sp³-hybridized carbons (Fsp3) is 0.200. The summed E-state index contributed by atoms with van der Waals surface area (Å²) < 4.78 is 15.6. The molecule has 0 fully saturated rings. The van der Waals surface area contributed by atoms with Gasteiger partial charge in [-0.1, -0.05) is 44.0 Å². The Balaban J connectivity index is 2.46. The molecular weight excluding hydrogens is 373 g/mol. The SMILES string of the molecule is Cc1cc(C(N)c2cc(Br)cc(Br)c2)cc(C)c1F. The van der Waals surface area contributed by atoms with Gasteiger partial charge in [0.25, 0.3) is 0 Å². The lowest BCUT2D eigenvalue weighted by molar-refractivity contribution is 0.607. The molecular formula is C15H14Br2FN. The van der Waals surface area contributed by atoms with Crippen LogP contribution in [0.25, 0.3) is 0 Å². The molecule has 19 heavy (non-hydrogen) atoms. The van der Waals surface area contributed by atoms with Gasteiger partial charge in [-0.05, 0) is 54.3 Å². The van der Waals surface area contributed by atoms with Crippen LogP contribution in [0.5, 0.6) is 0 Å². The fourth-order valence-electron chi connectivity index (χ4n) is 2.11. The second-order valence-corrected chi connectivity index (χ2v) is 6.48. The van der Waals surface area contributed by atoms with Gasteiger partial charge in [-0.2, -0.15) is 0 Å². The maximum absolute atomic E-state index is 13.6. The van der Waals surface area contributed by atoms with Gasteiger partial charge in [0.15, 0.2) is 0 Å². The quantitative estimate of drug-likeness (QED) is 0.770. The number of halogens is 3. The molecule has 4 heteroatoms. The van der Waals surface area contributed by atoms with E-state index in [9.17, 15) is 4.39 Å². The summed E-state index contributed by atoms with van der Waals surface area (Å²) in [6, 6.07) is 9.25. The summed E-state index contributed by atoms with van der Waals surface area (Å²) in [7, 11) is 0. The molecule has 0 aromatic heterocycles. The van der Waals surface area contributed by atoms with Crippen molar-refractivity contribution in [2.24, 2.45) is 5.73 Å². The summed E-state index contributed by atoms with van der Waals surface area (Å²) in [6.45, 7) is 3.52.